The van der Waals surface area contributed by atoms with E-state index in [1.165, 1.54) is 24.0 Å². The Morgan fingerprint density at radius 1 is 1.12 bits per heavy atom. The van der Waals surface area contributed by atoms with E-state index in [9.17, 15) is 0 Å². The minimum absolute atomic E-state index is 0.262. The van der Waals surface area contributed by atoms with Crippen LogP contribution in [0, 0.1) is 0 Å². The minimum atomic E-state index is 0.262. The van der Waals surface area contributed by atoms with Crippen LogP contribution in [-0.2, 0) is 10.8 Å². The van der Waals surface area contributed by atoms with Crippen LogP contribution in [-0.4, -0.2) is 13.6 Å². The zero-order valence-electron chi connectivity index (χ0n) is 10.9. The van der Waals surface area contributed by atoms with E-state index in [1.54, 1.807) is 0 Å². The summed E-state index contributed by atoms with van der Waals surface area (Å²) in [4.78, 5) is 0. The van der Waals surface area contributed by atoms with Gasteiger partial charge in [-0.2, -0.15) is 0 Å². The summed E-state index contributed by atoms with van der Waals surface area (Å²) in [6.45, 7) is 7.91. The molecule has 0 saturated heterocycles. The van der Waals surface area contributed by atoms with Crippen molar-refractivity contribution >= 4 is 0 Å². The van der Waals surface area contributed by atoms with Gasteiger partial charge in [0.1, 0.15) is 0 Å². The SMILES string of the molecule is CNCC1(c2ccc(C(C)(C)C)cc2)CC1. The van der Waals surface area contributed by atoms with Crippen molar-refractivity contribution in [3.8, 4) is 0 Å². The highest BCUT2D eigenvalue weighted by atomic mass is 14.8. The molecule has 1 aliphatic rings. The van der Waals surface area contributed by atoms with Gasteiger partial charge in [0.25, 0.3) is 0 Å². The first kappa shape index (κ1) is 11.7. The van der Waals surface area contributed by atoms with Crippen LogP contribution >= 0.6 is 0 Å². The lowest BCUT2D eigenvalue weighted by Gasteiger charge is -2.21. The second-order valence-electron chi connectivity index (χ2n) is 6.14. The molecule has 0 spiro atoms. The zero-order chi connectivity index (χ0) is 11.8. The van der Waals surface area contributed by atoms with Crippen molar-refractivity contribution < 1.29 is 0 Å². The van der Waals surface area contributed by atoms with Gasteiger partial charge in [-0.05, 0) is 36.4 Å². The molecule has 0 unspecified atom stereocenters. The highest BCUT2D eigenvalue weighted by Crippen LogP contribution is 2.47. The number of likely N-dealkylation sites (N-methyl/N-ethyl adjacent to an activating group) is 1. The predicted octanol–water partition coefficient (Wildman–Crippen LogP) is 3.24. The molecular formula is C15H23N. The normalized spacial score (nSPS) is 18.5. The molecule has 1 aliphatic carbocycles. The molecule has 0 radical (unpaired) electrons. The molecule has 0 aromatic heterocycles. The van der Waals surface area contributed by atoms with Crippen LogP contribution < -0.4 is 5.32 Å². The van der Waals surface area contributed by atoms with Crippen LogP contribution in [0.25, 0.3) is 0 Å². The molecule has 1 fully saturated rings. The first-order chi connectivity index (χ1) is 7.48. The summed E-state index contributed by atoms with van der Waals surface area (Å²) in [5.41, 5.74) is 3.65. The fourth-order valence-electron chi connectivity index (χ4n) is 2.38. The van der Waals surface area contributed by atoms with Gasteiger partial charge in [0, 0.05) is 12.0 Å². The third-order valence-corrected chi connectivity index (χ3v) is 3.73. The number of hydrogen-bond donors (Lipinski definition) is 1. The highest BCUT2D eigenvalue weighted by Gasteiger charge is 2.43. The van der Waals surface area contributed by atoms with Gasteiger partial charge < -0.3 is 5.32 Å². The highest BCUT2D eigenvalue weighted by molar-refractivity contribution is 5.36. The molecule has 1 aromatic carbocycles. The Balaban J connectivity index is 2.20. The molecule has 0 bridgehead atoms. The fourth-order valence-corrected chi connectivity index (χ4v) is 2.38. The lowest BCUT2D eigenvalue weighted by molar-refractivity contribution is 0.587. The third kappa shape index (κ3) is 2.15. The average Bonchev–Trinajstić information content (AvgIpc) is 2.99. The summed E-state index contributed by atoms with van der Waals surface area (Å²) in [6, 6.07) is 9.24. The summed E-state index contributed by atoms with van der Waals surface area (Å²) < 4.78 is 0. The summed E-state index contributed by atoms with van der Waals surface area (Å²) in [5.74, 6) is 0. The number of benzene rings is 1. The maximum Gasteiger partial charge on any atom is 0.00783 e. The van der Waals surface area contributed by atoms with Crippen molar-refractivity contribution in [1.82, 2.24) is 5.32 Å². The molecular weight excluding hydrogens is 194 g/mol. The number of rotatable bonds is 3. The lowest BCUT2D eigenvalue weighted by atomic mass is 9.85. The van der Waals surface area contributed by atoms with Gasteiger partial charge in [-0.1, -0.05) is 45.0 Å². The van der Waals surface area contributed by atoms with Gasteiger partial charge in [-0.25, -0.2) is 0 Å². The Hall–Kier alpha value is -0.820. The first-order valence-electron chi connectivity index (χ1n) is 6.24. The first-order valence-corrected chi connectivity index (χ1v) is 6.24. The third-order valence-electron chi connectivity index (χ3n) is 3.73. The van der Waals surface area contributed by atoms with E-state index in [4.69, 9.17) is 0 Å². The Labute approximate surface area is 99.3 Å². The Morgan fingerprint density at radius 2 is 1.69 bits per heavy atom. The molecule has 0 atom stereocenters. The van der Waals surface area contributed by atoms with Gasteiger partial charge in [0.15, 0.2) is 0 Å². The smallest absolute Gasteiger partial charge is 0.00783 e. The van der Waals surface area contributed by atoms with E-state index in [1.807, 2.05) is 7.05 Å². The maximum absolute atomic E-state index is 3.31. The van der Waals surface area contributed by atoms with Crippen molar-refractivity contribution in [1.29, 1.82) is 0 Å². The van der Waals surface area contributed by atoms with Gasteiger partial charge in [-0.15, -0.1) is 0 Å². The van der Waals surface area contributed by atoms with Crippen LogP contribution in [0.2, 0.25) is 0 Å². The molecule has 1 saturated carbocycles. The lowest BCUT2D eigenvalue weighted by Crippen LogP contribution is -2.23. The molecule has 2 rings (SSSR count). The van der Waals surface area contributed by atoms with Crippen LogP contribution in [0.1, 0.15) is 44.7 Å². The van der Waals surface area contributed by atoms with Crippen molar-refractivity contribution in [2.75, 3.05) is 13.6 Å². The quantitative estimate of drug-likeness (QED) is 0.819. The van der Waals surface area contributed by atoms with Crippen molar-refractivity contribution in [2.45, 2.75) is 44.4 Å². The number of hydrogen-bond acceptors (Lipinski definition) is 1. The molecule has 1 N–H and O–H groups in total. The molecule has 1 heteroatoms. The topological polar surface area (TPSA) is 12.0 Å². The second-order valence-corrected chi connectivity index (χ2v) is 6.14. The molecule has 1 aromatic rings. The van der Waals surface area contributed by atoms with E-state index in [-0.39, 0.29) is 5.41 Å². The second kappa shape index (κ2) is 3.89. The van der Waals surface area contributed by atoms with Gasteiger partial charge >= 0.3 is 0 Å². The minimum Gasteiger partial charge on any atom is -0.319 e. The Morgan fingerprint density at radius 3 is 2.06 bits per heavy atom. The van der Waals surface area contributed by atoms with E-state index in [2.05, 4.69) is 50.4 Å². The van der Waals surface area contributed by atoms with Crippen molar-refractivity contribution in [2.24, 2.45) is 0 Å². The predicted molar refractivity (Wildman–Crippen MR) is 70.0 cm³/mol. The Kier molecular flexibility index (Phi) is 2.83. The monoisotopic (exact) mass is 217 g/mol. The van der Waals surface area contributed by atoms with Crippen molar-refractivity contribution in [3.63, 3.8) is 0 Å². The summed E-state index contributed by atoms with van der Waals surface area (Å²) in [6.07, 6.45) is 2.67. The number of nitrogens with one attached hydrogen (secondary N) is 1. The fraction of sp³-hybridized carbons (Fsp3) is 0.600. The molecule has 0 heterocycles. The maximum atomic E-state index is 3.31. The van der Waals surface area contributed by atoms with E-state index in [0.717, 1.165) is 6.54 Å². The summed E-state index contributed by atoms with van der Waals surface area (Å²) in [5, 5.41) is 3.31. The van der Waals surface area contributed by atoms with Crippen LogP contribution in [0.3, 0.4) is 0 Å². The molecule has 0 aliphatic heterocycles. The summed E-state index contributed by atoms with van der Waals surface area (Å²) >= 11 is 0. The summed E-state index contributed by atoms with van der Waals surface area (Å²) in [7, 11) is 2.05. The van der Waals surface area contributed by atoms with E-state index >= 15 is 0 Å². The molecule has 0 amide bonds. The molecule has 88 valence electrons. The standard InChI is InChI=1S/C15H23N/c1-14(2,3)12-5-7-13(8-6-12)15(9-10-15)11-16-4/h5-8,16H,9-11H2,1-4H3. The van der Waals surface area contributed by atoms with Crippen LogP contribution in [0.5, 0.6) is 0 Å². The van der Waals surface area contributed by atoms with Gasteiger partial charge in [0.05, 0.1) is 0 Å². The molecule has 16 heavy (non-hydrogen) atoms. The van der Waals surface area contributed by atoms with Gasteiger partial charge in [-0.3, -0.25) is 0 Å². The zero-order valence-corrected chi connectivity index (χ0v) is 10.9. The van der Waals surface area contributed by atoms with Gasteiger partial charge in [0.2, 0.25) is 0 Å². The molecule has 1 nitrogen and oxygen atoms in total. The van der Waals surface area contributed by atoms with Crippen molar-refractivity contribution in [3.05, 3.63) is 35.4 Å². The van der Waals surface area contributed by atoms with Crippen LogP contribution in [0.15, 0.2) is 24.3 Å². The average molecular weight is 217 g/mol. The van der Waals surface area contributed by atoms with Crippen LogP contribution in [0.4, 0.5) is 0 Å². The Bertz CT molecular complexity index is 352. The van der Waals surface area contributed by atoms with E-state index < -0.39 is 0 Å². The largest absolute Gasteiger partial charge is 0.319 e. The van der Waals surface area contributed by atoms with E-state index in [0.29, 0.717) is 5.41 Å².